The van der Waals surface area contributed by atoms with Crippen LogP contribution in [0.25, 0.3) is 0 Å². The third kappa shape index (κ3) is 3.09. The van der Waals surface area contributed by atoms with Gasteiger partial charge in [-0.25, -0.2) is 4.79 Å². The van der Waals surface area contributed by atoms with Gasteiger partial charge >= 0.3 is 6.03 Å². The lowest BCUT2D eigenvalue weighted by Gasteiger charge is -2.42. The summed E-state index contributed by atoms with van der Waals surface area (Å²) >= 11 is 0. The van der Waals surface area contributed by atoms with Gasteiger partial charge in [0.2, 0.25) is 0 Å². The van der Waals surface area contributed by atoms with Crippen LogP contribution in [0.2, 0.25) is 0 Å². The van der Waals surface area contributed by atoms with Gasteiger partial charge in [0.25, 0.3) is 0 Å². The van der Waals surface area contributed by atoms with E-state index in [0.29, 0.717) is 6.04 Å². The first kappa shape index (κ1) is 15.0. The van der Waals surface area contributed by atoms with Crippen molar-refractivity contribution in [3.05, 3.63) is 18.0 Å². The fourth-order valence-corrected chi connectivity index (χ4v) is 4.04. The van der Waals surface area contributed by atoms with Gasteiger partial charge in [0, 0.05) is 45.0 Å². The second-order valence-corrected chi connectivity index (χ2v) is 7.15. The van der Waals surface area contributed by atoms with Crippen molar-refractivity contribution in [2.24, 2.45) is 0 Å². The van der Waals surface area contributed by atoms with E-state index in [9.17, 15) is 4.79 Å². The number of nitrogens with zero attached hydrogens (tertiary/aromatic N) is 4. The average Bonchev–Trinajstić information content (AvgIpc) is 3.16. The molecule has 0 unspecified atom stereocenters. The molecule has 3 heterocycles. The topological polar surface area (TPSA) is 53.4 Å². The molecule has 1 N–H and O–H groups in total. The Balaban J connectivity index is 1.33. The van der Waals surface area contributed by atoms with Crippen LogP contribution in [0.5, 0.6) is 0 Å². The van der Waals surface area contributed by atoms with Gasteiger partial charge in [0.05, 0.1) is 11.7 Å². The van der Waals surface area contributed by atoms with E-state index in [-0.39, 0.29) is 6.03 Å². The van der Waals surface area contributed by atoms with E-state index in [1.807, 2.05) is 11.1 Å². The van der Waals surface area contributed by atoms with Crippen molar-refractivity contribution >= 4 is 6.03 Å². The molecule has 0 spiro atoms. The number of nitrogens with one attached hydrogen (secondary N) is 1. The Labute approximate surface area is 137 Å². The fourth-order valence-electron chi connectivity index (χ4n) is 4.04. The predicted molar refractivity (Wildman–Crippen MR) is 88.1 cm³/mol. The quantitative estimate of drug-likeness (QED) is 0.924. The molecule has 126 valence electrons. The standard InChI is InChI=1S/C17H27N5O/c23-17(20-10-1-2-11-20)18-8-6-15-12-21(14-4-3-5-14)13-16-7-9-19-22(15)16/h7,9,14-15H,1-6,8,10-13H2,(H,18,23)/t15-/m1/s1. The number of hydrogen-bond donors (Lipinski definition) is 1. The van der Waals surface area contributed by atoms with Crippen molar-refractivity contribution in [2.45, 2.75) is 57.2 Å². The van der Waals surface area contributed by atoms with Crippen molar-refractivity contribution < 1.29 is 4.79 Å². The van der Waals surface area contributed by atoms with E-state index in [1.54, 1.807) is 0 Å². The highest BCUT2D eigenvalue weighted by Gasteiger charge is 2.32. The average molecular weight is 317 g/mol. The Morgan fingerprint density at radius 3 is 2.83 bits per heavy atom. The predicted octanol–water partition coefficient (Wildman–Crippen LogP) is 1.99. The molecule has 0 bridgehead atoms. The minimum absolute atomic E-state index is 0.106. The lowest BCUT2D eigenvalue weighted by molar-refractivity contribution is 0.0730. The molecular weight excluding hydrogens is 290 g/mol. The van der Waals surface area contributed by atoms with E-state index < -0.39 is 0 Å². The molecule has 1 aromatic heterocycles. The van der Waals surface area contributed by atoms with Gasteiger partial charge in [0.1, 0.15) is 0 Å². The lowest BCUT2D eigenvalue weighted by Crippen LogP contribution is -2.47. The normalized spacial score (nSPS) is 25.2. The van der Waals surface area contributed by atoms with E-state index in [1.165, 1.54) is 25.0 Å². The lowest BCUT2D eigenvalue weighted by atomic mass is 9.90. The Kier molecular flexibility index (Phi) is 4.25. The number of amides is 2. The van der Waals surface area contributed by atoms with Crippen molar-refractivity contribution in [3.63, 3.8) is 0 Å². The van der Waals surface area contributed by atoms with Crippen LogP contribution in [0, 0.1) is 0 Å². The second-order valence-electron chi connectivity index (χ2n) is 7.15. The molecule has 1 saturated heterocycles. The van der Waals surface area contributed by atoms with E-state index >= 15 is 0 Å². The number of hydrogen-bond acceptors (Lipinski definition) is 3. The number of rotatable bonds is 4. The van der Waals surface area contributed by atoms with Crippen LogP contribution in [-0.4, -0.2) is 57.8 Å². The van der Waals surface area contributed by atoms with E-state index in [2.05, 4.69) is 26.1 Å². The molecule has 0 aromatic carbocycles. The van der Waals surface area contributed by atoms with Crippen LogP contribution in [0.4, 0.5) is 4.79 Å². The summed E-state index contributed by atoms with van der Waals surface area (Å²) in [4.78, 5) is 16.6. The van der Waals surface area contributed by atoms with Crippen molar-refractivity contribution in [2.75, 3.05) is 26.2 Å². The fraction of sp³-hybridized carbons (Fsp3) is 0.765. The van der Waals surface area contributed by atoms with E-state index in [4.69, 9.17) is 0 Å². The largest absolute Gasteiger partial charge is 0.338 e. The summed E-state index contributed by atoms with van der Waals surface area (Å²) in [6, 6.07) is 3.39. The Bertz CT molecular complexity index is 547. The Morgan fingerprint density at radius 1 is 1.26 bits per heavy atom. The Hall–Kier alpha value is -1.56. The van der Waals surface area contributed by atoms with Crippen LogP contribution >= 0.6 is 0 Å². The molecule has 2 aliphatic heterocycles. The van der Waals surface area contributed by atoms with Gasteiger partial charge in [-0.2, -0.15) is 5.10 Å². The van der Waals surface area contributed by atoms with Crippen molar-refractivity contribution in [1.29, 1.82) is 0 Å². The number of carbonyl (C=O) groups is 1. The molecule has 3 aliphatic rings. The smallest absolute Gasteiger partial charge is 0.317 e. The summed E-state index contributed by atoms with van der Waals surface area (Å²) < 4.78 is 2.18. The van der Waals surface area contributed by atoms with Crippen LogP contribution in [0.3, 0.4) is 0 Å². The molecular formula is C17H27N5O. The minimum Gasteiger partial charge on any atom is -0.338 e. The molecule has 2 amide bonds. The van der Waals surface area contributed by atoms with Gasteiger partial charge in [-0.05, 0) is 38.2 Å². The molecule has 0 radical (unpaired) electrons. The molecule has 2 fully saturated rings. The molecule has 4 rings (SSSR count). The summed E-state index contributed by atoms with van der Waals surface area (Å²) in [7, 11) is 0. The summed E-state index contributed by atoms with van der Waals surface area (Å²) in [5.41, 5.74) is 1.32. The maximum Gasteiger partial charge on any atom is 0.317 e. The highest BCUT2D eigenvalue weighted by Crippen LogP contribution is 2.31. The first-order valence-electron chi connectivity index (χ1n) is 9.10. The maximum atomic E-state index is 12.1. The zero-order valence-corrected chi connectivity index (χ0v) is 13.8. The number of carbonyl (C=O) groups excluding carboxylic acids is 1. The molecule has 1 atom stereocenters. The zero-order valence-electron chi connectivity index (χ0n) is 13.8. The van der Waals surface area contributed by atoms with E-state index in [0.717, 1.165) is 58.0 Å². The Morgan fingerprint density at radius 2 is 2.09 bits per heavy atom. The summed E-state index contributed by atoms with van der Waals surface area (Å²) in [5, 5.41) is 7.61. The molecule has 1 aromatic rings. The number of fused-ring (bicyclic) bond motifs is 1. The second kappa shape index (κ2) is 6.51. The first-order valence-corrected chi connectivity index (χ1v) is 9.10. The minimum atomic E-state index is 0.106. The van der Waals surface area contributed by atoms with Crippen LogP contribution < -0.4 is 5.32 Å². The number of aromatic nitrogens is 2. The molecule has 6 nitrogen and oxygen atoms in total. The highest BCUT2D eigenvalue weighted by atomic mass is 16.2. The van der Waals surface area contributed by atoms with Gasteiger partial charge in [-0.15, -0.1) is 0 Å². The monoisotopic (exact) mass is 317 g/mol. The number of urea groups is 1. The zero-order chi connectivity index (χ0) is 15.6. The summed E-state index contributed by atoms with van der Waals surface area (Å²) in [6.07, 6.45) is 9.20. The van der Waals surface area contributed by atoms with Gasteiger partial charge < -0.3 is 10.2 Å². The van der Waals surface area contributed by atoms with Crippen molar-refractivity contribution in [3.8, 4) is 0 Å². The van der Waals surface area contributed by atoms with Crippen LogP contribution in [0.15, 0.2) is 12.3 Å². The van der Waals surface area contributed by atoms with Crippen LogP contribution in [0.1, 0.15) is 50.3 Å². The molecule has 1 saturated carbocycles. The van der Waals surface area contributed by atoms with Crippen molar-refractivity contribution in [1.82, 2.24) is 24.9 Å². The number of likely N-dealkylation sites (tertiary alicyclic amines) is 1. The third-order valence-corrected chi connectivity index (χ3v) is 5.65. The molecule has 6 heteroatoms. The SMILES string of the molecule is O=C(NCC[C@@H]1CN(C2CCC2)Cc2ccnn21)N1CCCC1. The summed E-state index contributed by atoms with van der Waals surface area (Å²) in [6.45, 7) is 4.65. The highest BCUT2D eigenvalue weighted by molar-refractivity contribution is 5.74. The van der Waals surface area contributed by atoms with Crippen LogP contribution in [-0.2, 0) is 6.54 Å². The molecule has 23 heavy (non-hydrogen) atoms. The van der Waals surface area contributed by atoms with Gasteiger partial charge in [0.15, 0.2) is 0 Å². The third-order valence-electron chi connectivity index (χ3n) is 5.65. The molecule has 1 aliphatic carbocycles. The van der Waals surface area contributed by atoms with Gasteiger partial charge in [-0.1, -0.05) is 6.42 Å². The summed E-state index contributed by atoms with van der Waals surface area (Å²) in [5.74, 6) is 0. The van der Waals surface area contributed by atoms with Gasteiger partial charge in [-0.3, -0.25) is 9.58 Å². The first-order chi connectivity index (χ1) is 11.3. The maximum absolute atomic E-state index is 12.1.